The highest BCUT2D eigenvalue weighted by molar-refractivity contribution is 5.93. The van der Waals surface area contributed by atoms with Crippen molar-refractivity contribution in [3.8, 4) is 0 Å². The van der Waals surface area contributed by atoms with Crippen molar-refractivity contribution in [1.82, 2.24) is 14.9 Å². The molecule has 4 rings (SSSR count). The fourth-order valence-corrected chi connectivity index (χ4v) is 3.62. The molecule has 1 unspecified atom stereocenters. The molecule has 0 bridgehead atoms. The Morgan fingerprint density at radius 3 is 2.79 bits per heavy atom. The van der Waals surface area contributed by atoms with E-state index in [0.717, 1.165) is 19.4 Å². The maximum absolute atomic E-state index is 14.0. The van der Waals surface area contributed by atoms with Crippen LogP contribution in [0.2, 0.25) is 0 Å². The Hall–Kier alpha value is -2.74. The Morgan fingerprint density at radius 2 is 2.04 bits per heavy atom. The molecule has 0 saturated carbocycles. The smallest absolute Gasteiger partial charge is 0.272 e. The van der Waals surface area contributed by atoms with Gasteiger partial charge in [-0.2, -0.15) is 0 Å². The zero-order valence-electron chi connectivity index (χ0n) is 15.7. The van der Waals surface area contributed by atoms with Crippen molar-refractivity contribution in [3.05, 3.63) is 48.2 Å². The number of nitrogens with one attached hydrogen (secondary N) is 1. The third-order valence-electron chi connectivity index (χ3n) is 5.18. The van der Waals surface area contributed by atoms with Gasteiger partial charge >= 0.3 is 0 Å². The number of benzene rings is 1. The number of carbonyl (C=O) groups is 1. The molecule has 0 spiro atoms. The number of nitrogens with zero attached hydrogens (tertiary/aromatic N) is 4. The highest BCUT2D eigenvalue weighted by Gasteiger charge is 2.24. The summed E-state index contributed by atoms with van der Waals surface area (Å²) in [7, 11) is 0. The predicted octanol–water partition coefficient (Wildman–Crippen LogP) is 2.17. The average molecular weight is 385 g/mol. The molecule has 1 atom stereocenters. The molecule has 7 nitrogen and oxygen atoms in total. The fraction of sp³-hybridized carbons (Fsp3) is 0.450. The van der Waals surface area contributed by atoms with E-state index in [4.69, 9.17) is 4.74 Å². The average Bonchev–Trinajstić information content (AvgIpc) is 3.26. The Balaban J connectivity index is 1.34. The Morgan fingerprint density at radius 1 is 1.21 bits per heavy atom. The summed E-state index contributed by atoms with van der Waals surface area (Å²) in [6.45, 7) is 3.69. The number of para-hydroxylation sites is 1. The largest absolute Gasteiger partial charge is 0.376 e. The van der Waals surface area contributed by atoms with Gasteiger partial charge in [-0.15, -0.1) is 0 Å². The summed E-state index contributed by atoms with van der Waals surface area (Å²) in [6.07, 6.45) is 3.72. The SMILES string of the molecule is O=C(c1cc(NCC2CCCO2)ncn1)N1CCN(c2ccccc2F)CC1. The third kappa shape index (κ3) is 4.22. The maximum Gasteiger partial charge on any atom is 0.272 e. The van der Waals surface area contributed by atoms with Gasteiger partial charge in [-0.3, -0.25) is 4.79 Å². The van der Waals surface area contributed by atoms with Crippen molar-refractivity contribution in [2.45, 2.75) is 18.9 Å². The number of amides is 1. The molecule has 2 saturated heterocycles. The zero-order valence-corrected chi connectivity index (χ0v) is 15.7. The minimum atomic E-state index is -0.236. The van der Waals surface area contributed by atoms with Crippen molar-refractivity contribution in [3.63, 3.8) is 0 Å². The Labute approximate surface area is 163 Å². The summed E-state index contributed by atoms with van der Waals surface area (Å²) < 4.78 is 19.6. The normalized spacial score (nSPS) is 19.7. The van der Waals surface area contributed by atoms with Gasteiger partial charge in [-0.25, -0.2) is 14.4 Å². The first kappa shape index (κ1) is 18.6. The molecule has 3 heterocycles. The molecule has 0 radical (unpaired) electrons. The number of halogens is 1. The van der Waals surface area contributed by atoms with E-state index in [1.807, 2.05) is 11.0 Å². The lowest BCUT2D eigenvalue weighted by atomic mass is 10.2. The summed E-state index contributed by atoms with van der Waals surface area (Å²) >= 11 is 0. The van der Waals surface area contributed by atoms with E-state index in [9.17, 15) is 9.18 Å². The minimum absolute atomic E-state index is 0.129. The van der Waals surface area contributed by atoms with Crippen molar-refractivity contribution in [2.75, 3.05) is 49.5 Å². The van der Waals surface area contributed by atoms with E-state index >= 15 is 0 Å². The molecule has 1 amide bonds. The lowest BCUT2D eigenvalue weighted by Crippen LogP contribution is -2.49. The lowest BCUT2D eigenvalue weighted by molar-refractivity contribution is 0.0740. The van der Waals surface area contributed by atoms with Gasteiger partial charge in [0.15, 0.2) is 0 Å². The number of piperazine rings is 1. The summed E-state index contributed by atoms with van der Waals surface area (Å²) in [6, 6.07) is 8.41. The van der Waals surface area contributed by atoms with E-state index in [1.54, 1.807) is 23.1 Å². The second-order valence-electron chi connectivity index (χ2n) is 7.04. The van der Waals surface area contributed by atoms with Crippen LogP contribution in [0.1, 0.15) is 23.3 Å². The van der Waals surface area contributed by atoms with Crippen LogP contribution in [0.15, 0.2) is 36.7 Å². The van der Waals surface area contributed by atoms with Crippen LogP contribution in [0.3, 0.4) is 0 Å². The van der Waals surface area contributed by atoms with Gasteiger partial charge in [0.1, 0.15) is 23.7 Å². The molecule has 2 aliphatic heterocycles. The standard InChI is InChI=1S/C20H24FN5O2/c21-16-5-1-2-6-18(16)25-7-9-26(10-8-25)20(27)17-12-19(24-14-23-17)22-13-15-4-3-11-28-15/h1-2,5-6,12,14-15H,3-4,7-11,13H2,(H,22,23,24). The van der Waals surface area contributed by atoms with Crippen LogP contribution in [0.25, 0.3) is 0 Å². The number of anilines is 2. The maximum atomic E-state index is 14.0. The molecular formula is C20H24FN5O2. The quantitative estimate of drug-likeness (QED) is 0.851. The molecular weight excluding hydrogens is 361 g/mol. The number of carbonyl (C=O) groups excluding carboxylic acids is 1. The number of hydrogen-bond donors (Lipinski definition) is 1. The van der Waals surface area contributed by atoms with Crippen LogP contribution in [0.5, 0.6) is 0 Å². The summed E-state index contributed by atoms with van der Waals surface area (Å²) in [5.41, 5.74) is 0.946. The third-order valence-corrected chi connectivity index (χ3v) is 5.18. The van der Waals surface area contributed by atoms with Gasteiger partial charge in [-0.1, -0.05) is 12.1 Å². The first-order valence-corrected chi connectivity index (χ1v) is 9.67. The van der Waals surface area contributed by atoms with Crippen molar-refractivity contribution in [1.29, 1.82) is 0 Å². The van der Waals surface area contributed by atoms with Crippen LogP contribution in [-0.4, -0.2) is 66.2 Å². The van der Waals surface area contributed by atoms with Crippen LogP contribution in [0.4, 0.5) is 15.9 Å². The second kappa shape index (κ2) is 8.52. The molecule has 148 valence electrons. The highest BCUT2D eigenvalue weighted by atomic mass is 19.1. The van der Waals surface area contributed by atoms with Crippen molar-refractivity contribution >= 4 is 17.4 Å². The molecule has 2 aliphatic rings. The van der Waals surface area contributed by atoms with Crippen LogP contribution < -0.4 is 10.2 Å². The minimum Gasteiger partial charge on any atom is -0.376 e. The lowest BCUT2D eigenvalue weighted by Gasteiger charge is -2.36. The van der Waals surface area contributed by atoms with Gasteiger partial charge in [0.05, 0.1) is 11.8 Å². The first-order chi connectivity index (χ1) is 13.7. The Bertz CT molecular complexity index is 820. The summed E-state index contributed by atoms with van der Waals surface area (Å²) in [5.74, 6) is 0.259. The number of hydrogen-bond acceptors (Lipinski definition) is 6. The zero-order chi connectivity index (χ0) is 19.3. The van der Waals surface area contributed by atoms with Gasteiger partial charge in [0.2, 0.25) is 0 Å². The Kier molecular flexibility index (Phi) is 5.66. The monoisotopic (exact) mass is 385 g/mol. The molecule has 0 aliphatic carbocycles. The number of ether oxygens (including phenoxy) is 1. The number of rotatable bonds is 5. The molecule has 2 fully saturated rings. The second-order valence-corrected chi connectivity index (χ2v) is 7.04. The highest BCUT2D eigenvalue weighted by Crippen LogP contribution is 2.21. The van der Waals surface area contributed by atoms with Gasteiger partial charge in [0, 0.05) is 45.4 Å². The molecule has 1 aromatic heterocycles. The van der Waals surface area contributed by atoms with E-state index in [-0.39, 0.29) is 17.8 Å². The first-order valence-electron chi connectivity index (χ1n) is 9.67. The molecule has 2 aromatic rings. The topological polar surface area (TPSA) is 70.6 Å². The van der Waals surface area contributed by atoms with Gasteiger partial charge in [0.25, 0.3) is 5.91 Å². The predicted molar refractivity (Wildman–Crippen MR) is 104 cm³/mol. The van der Waals surface area contributed by atoms with Gasteiger partial charge in [-0.05, 0) is 25.0 Å². The van der Waals surface area contributed by atoms with Crippen LogP contribution >= 0.6 is 0 Å². The molecule has 1 N–H and O–H groups in total. The molecule has 8 heteroatoms. The van der Waals surface area contributed by atoms with Crippen molar-refractivity contribution in [2.24, 2.45) is 0 Å². The van der Waals surface area contributed by atoms with E-state index in [1.165, 1.54) is 12.4 Å². The molecule has 1 aromatic carbocycles. The molecule has 28 heavy (non-hydrogen) atoms. The van der Waals surface area contributed by atoms with E-state index in [0.29, 0.717) is 49.9 Å². The van der Waals surface area contributed by atoms with Crippen molar-refractivity contribution < 1.29 is 13.9 Å². The van der Waals surface area contributed by atoms with Gasteiger partial charge < -0.3 is 19.9 Å². The van der Waals surface area contributed by atoms with E-state index < -0.39 is 0 Å². The summed E-state index contributed by atoms with van der Waals surface area (Å²) in [4.78, 5) is 24.9. The summed E-state index contributed by atoms with van der Waals surface area (Å²) in [5, 5.41) is 3.22. The fourth-order valence-electron chi connectivity index (χ4n) is 3.62. The van der Waals surface area contributed by atoms with E-state index in [2.05, 4.69) is 15.3 Å². The van der Waals surface area contributed by atoms with Crippen LogP contribution in [0, 0.1) is 5.82 Å². The van der Waals surface area contributed by atoms with Crippen LogP contribution in [-0.2, 0) is 4.74 Å². The number of aromatic nitrogens is 2.